The molecule has 4 aromatic rings. The van der Waals surface area contributed by atoms with Crippen LogP contribution >= 0.6 is 22.9 Å². The SMILES string of the molecule is CC(C)c1csc(-c2cc3cc(OCc4ccccc4CCl)ccc3o2)n1. The second-order valence-corrected chi connectivity index (χ2v) is 7.86. The van der Waals surface area contributed by atoms with Crippen LogP contribution in [0.2, 0.25) is 0 Å². The van der Waals surface area contributed by atoms with E-state index < -0.39 is 0 Å². The first-order chi connectivity index (χ1) is 13.1. The van der Waals surface area contributed by atoms with E-state index in [1.54, 1.807) is 11.3 Å². The third kappa shape index (κ3) is 3.87. The number of nitrogens with zero attached hydrogens (tertiary/aromatic N) is 1. The highest BCUT2D eigenvalue weighted by Crippen LogP contribution is 2.33. The minimum absolute atomic E-state index is 0.412. The van der Waals surface area contributed by atoms with E-state index >= 15 is 0 Å². The number of benzene rings is 2. The summed E-state index contributed by atoms with van der Waals surface area (Å²) in [5.74, 6) is 2.50. The first-order valence-corrected chi connectivity index (χ1v) is 10.3. The van der Waals surface area contributed by atoms with Crippen molar-refractivity contribution >= 4 is 33.9 Å². The topological polar surface area (TPSA) is 35.3 Å². The molecule has 2 aromatic heterocycles. The van der Waals surface area contributed by atoms with Crippen LogP contribution in [0.15, 0.2) is 58.3 Å². The lowest BCUT2D eigenvalue weighted by atomic mass is 10.1. The van der Waals surface area contributed by atoms with Gasteiger partial charge in [0, 0.05) is 16.6 Å². The third-order valence-corrected chi connectivity index (χ3v) is 5.63. The van der Waals surface area contributed by atoms with Crippen LogP contribution < -0.4 is 4.74 Å². The fraction of sp³-hybridized carbons (Fsp3) is 0.227. The first kappa shape index (κ1) is 18.1. The summed E-state index contributed by atoms with van der Waals surface area (Å²) in [5.41, 5.74) is 4.12. The summed E-state index contributed by atoms with van der Waals surface area (Å²) < 4.78 is 12.0. The van der Waals surface area contributed by atoms with Crippen molar-refractivity contribution in [2.45, 2.75) is 32.3 Å². The second-order valence-electron chi connectivity index (χ2n) is 6.73. The van der Waals surface area contributed by atoms with E-state index in [4.69, 9.17) is 20.8 Å². The fourth-order valence-electron chi connectivity index (χ4n) is 2.87. The number of hydrogen-bond acceptors (Lipinski definition) is 4. The van der Waals surface area contributed by atoms with Crippen molar-refractivity contribution in [1.29, 1.82) is 0 Å². The van der Waals surface area contributed by atoms with Gasteiger partial charge in [-0.1, -0.05) is 38.1 Å². The minimum Gasteiger partial charge on any atom is -0.489 e. The Balaban J connectivity index is 1.55. The zero-order chi connectivity index (χ0) is 18.8. The largest absolute Gasteiger partial charge is 0.489 e. The molecular formula is C22H20ClNO2S. The molecule has 0 aliphatic heterocycles. The lowest BCUT2D eigenvalue weighted by molar-refractivity contribution is 0.305. The quantitative estimate of drug-likeness (QED) is 0.328. The molecule has 2 heterocycles. The Hall–Kier alpha value is -2.30. The van der Waals surface area contributed by atoms with Crippen molar-refractivity contribution < 1.29 is 9.15 Å². The molecule has 5 heteroatoms. The Morgan fingerprint density at radius 2 is 1.93 bits per heavy atom. The van der Waals surface area contributed by atoms with Gasteiger partial charge in [-0.2, -0.15) is 0 Å². The van der Waals surface area contributed by atoms with Crippen LogP contribution in [0.4, 0.5) is 0 Å². The lowest BCUT2D eigenvalue weighted by Gasteiger charge is -2.09. The highest BCUT2D eigenvalue weighted by Gasteiger charge is 2.13. The van der Waals surface area contributed by atoms with Gasteiger partial charge in [0.25, 0.3) is 0 Å². The Bertz CT molecular complexity index is 1070. The number of furan rings is 1. The maximum Gasteiger partial charge on any atom is 0.164 e. The molecule has 0 saturated heterocycles. The molecule has 0 fully saturated rings. The molecule has 27 heavy (non-hydrogen) atoms. The zero-order valence-electron chi connectivity index (χ0n) is 15.2. The first-order valence-electron chi connectivity index (χ1n) is 8.89. The van der Waals surface area contributed by atoms with Gasteiger partial charge in [0.05, 0.1) is 5.69 Å². The predicted molar refractivity (Wildman–Crippen MR) is 112 cm³/mol. The molecule has 138 valence electrons. The molecule has 0 aliphatic carbocycles. The maximum absolute atomic E-state index is 6.00. The number of ether oxygens (including phenoxy) is 1. The van der Waals surface area contributed by atoms with Crippen molar-refractivity contribution in [3.8, 4) is 16.5 Å². The molecule has 3 nitrogen and oxygen atoms in total. The van der Waals surface area contributed by atoms with Crippen LogP contribution in [-0.2, 0) is 12.5 Å². The Labute approximate surface area is 167 Å². The van der Waals surface area contributed by atoms with E-state index in [0.717, 1.165) is 44.3 Å². The summed E-state index contributed by atoms with van der Waals surface area (Å²) in [6.07, 6.45) is 0. The molecule has 0 N–H and O–H groups in total. The highest BCUT2D eigenvalue weighted by molar-refractivity contribution is 7.13. The maximum atomic E-state index is 6.00. The molecule has 2 aromatic carbocycles. The monoisotopic (exact) mass is 397 g/mol. The number of hydrogen-bond donors (Lipinski definition) is 0. The Kier molecular flexibility index (Phi) is 5.19. The number of thiazole rings is 1. The van der Waals surface area contributed by atoms with Gasteiger partial charge in [-0.25, -0.2) is 4.98 Å². The van der Waals surface area contributed by atoms with Crippen molar-refractivity contribution in [2.24, 2.45) is 0 Å². The molecule has 0 spiro atoms. The van der Waals surface area contributed by atoms with E-state index in [1.165, 1.54) is 0 Å². The number of alkyl halides is 1. The van der Waals surface area contributed by atoms with Gasteiger partial charge in [-0.05, 0) is 41.3 Å². The predicted octanol–water partition coefficient (Wildman–Crippen LogP) is 7.00. The minimum atomic E-state index is 0.412. The van der Waals surface area contributed by atoms with Crippen LogP contribution in [0, 0.1) is 0 Å². The number of halogens is 1. The smallest absolute Gasteiger partial charge is 0.164 e. The van der Waals surface area contributed by atoms with Crippen LogP contribution in [-0.4, -0.2) is 4.98 Å². The van der Waals surface area contributed by atoms with Crippen LogP contribution in [0.3, 0.4) is 0 Å². The van der Waals surface area contributed by atoms with Gasteiger partial charge < -0.3 is 9.15 Å². The zero-order valence-corrected chi connectivity index (χ0v) is 16.8. The van der Waals surface area contributed by atoms with E-state index in [9.17, 15) is 0 Å². The Morgan fingerprint density at radius 3 is 2.67 bits per heavy atom. The highest BCUT2D eigenvalue weighted by atomic mass is 35.5. The molecule has 0 aliphatic rings. The molecule has 4 rings (SSSR count). The van der Waals surface area contributed by atoms with Gasteiger partial charge >= 0.3 is 0 Å². The van der Waals surface area contributed by atoms with Crippen LogP contribution in [0.5, 0.6) is 5.75 Å². The average Bonchev–Trinajstić information content (AvgIpc) is 3.33. The number of rotatable bonds is 6. The van der Waals surface area contributed by atoms with Crippen LogP contribution in [0.25, 0.3) is 21.7 Å². The summed E-state index contributed by atoms with van der Waals surface area (Å²) in [6.45, 7) is 4.77. The summed E-state index contributed by atoms with van der Waals surface area (Å²) in [4.78, 5) is 4.67. The van der Waals surface area contributed by atoms with Crippen LogP contribution in [0.1, 0.15) is 36.6 Å². The molecule has 0 bridgehead atoms. The summed E-state index contributed by atoms with van der Waals surface area (Å²) in [5, 5.41) is 4.01. The van der Waals surface area contributed by atoms with E-state index in [0.29, 0.717) is 18.4 Å². The van der Waals surface area contributed by atoms with Crippen molar-refractivity contribution in [1.82, 2.24) is 4.98 Å². The molecule has 0 amide bonds. The lowest BCUT2D eigenvalue weighted by Crippen LogP contribution is -1.98. The van der Waals surface area contributed by atoms with E-state index in [1.807, 2.05) is 48.5 Å². The van der Waals surface area contributed by atoms with Gasteiger partial charge in [0.15, 0.2) is 10.8 Å². The second kappa shape index (κ2) is 7.75. The van der Waals surface area contributed by atoms with Gasteiger partial charge in [0.2, 0.25) is 0 Å². The van der Waals surface area contributed by atoms with Crippen molar-refractivity contribution in [3.05, 3.63) is 70.7 Å². The number of fused-ring (bicyclic) bond motifs is 1. The van der Waals surface area contributed by atoms with Gasteiger partial charge in [-0.3, -0.25) is 0 Å². The van der Waals surface area contributed by atoms with Crippen molar-refractivity contribution in [3.63, 3.8) is 0 Å². The molecule has 0 radical (unpaired) electrons. The summed E-state index contributed by atoms with van der Waals surface area (Å²) >= 11 is 7.61. The average molecular weight is 398 g/mol. The summed E-state index contributed by atoms with van der Waals surface area (Å²) in [7, 11) is 0. The van der Waals surface area contributed by atoms with E-state index in [-0.39, 0.29) is 0 Å². The van der Waals surface area contributed by atoms with Gasteiger partial charge in [-0.15, -0.1) is 22.9 Å². The fourth-order valence-corrected chi connectivity index (χ4v) is 4.06. The van der Waals surface area contributed by atoms with Crippen molar-refractivity contribution in [2.75, 3.05) is 0 Å². The molecule has 0 atom stereocenters. The normalized spacial score (nSPS) is 11.4. The standard InChI is InChI=1S/C22H20ClNO2S/c1-14(2)19-13-27-22(24-19)21-10-17-9-18(7-8-20(17)26-21)25-12-16-6-4-3-5-15(16)11-23/h3-10,13-14H,11-12H2,1-2H3. The number of aromatic nitrogens is 1. The summed E-state index contributed by atoms with van der Waals surface area (Å²) in [6, 6.07) is 16.0. The van der Waals surface area contributed by atoms with Gasteiger partial charge in [0.1, 0.15) is 17.9 Å². The molecular weight excluding hydrogens is 378 g/mol. The third-order valence-electron chi connectivity index (χ3n) is 4.47. The van der Waals surface area contributed by atoms with E-state index in [2.05, 4.69) is 24.2 Å². The molecule has 0 saturated carbocycles. The molecule has 0 unspecified atom stereocenters. The Morgan fingerprint density at radius 1 is 1.11 bits per heavy atom.